The van der Waals surface area contributed by atoms with Gasteiger partial charge in [0.15, 0.2) is 5.54 Å². The van der Waals surface area contributed by atoms with Crippen LogP contribution in [0.25, 0.3) is 0 Å². The standard InChI is InChI=1S/C14H23N3O3S.C13H21N3O3S.C6H12INO2.I2.HI/c1-9(2)11-15-10(8-21-11)7-17(5)13(19)16-14(3,4)12(18)20-6;1-8(2)10-14-9(7-20-10)6-16(5)12(19)15-13(3,4)11(17)18;1-6(2,8-7-3)5(9)10-4;1-2;/h8-9H,7H2,1-6H3,(H,16,19);7-8H,6H2,1-5H3,(H,15,19)(H,17,18);1-4H3;;1H. The highest BCUT2D eigenvalue weighted by molar-refractivity contribution is 15.0. The number of esters is 2. The van der Waals surface area contributed by atoms with Crippen LogP contribution in [0, 0.1) is 0 Å². The Kier molecular flexibility index (Phi) is 29.2. The molecule has 0 radical (unpaired) electrons. The number of amides is 4. The number of alkyl halides is 1. The number of carboxylic acids is 1. The number of halogens is 4. The quantitative estimate of drug-likeness (QED) is 0.105. The molecule has 0 unspecified atom stereocenters. The predicted molar refractivity (Wildman–Crippen MR) is 252 cm³/mol. The molecule has 0 fully saturated rings. The van der Waals surface area contributed by atoms with Gasteiger partial charge in [0.25, 0.3) is 0 Å². The second kappa shape index (κ2) is 27.5. The average molecular weight is 1250 g/mol. The summed E-state index contributed by atoms with van der Waals surface area (Å²) >= 11 is 7.20. The first-order valence-electron chi connectivity index (χ1n) is 16.1. The van der Waals surface area contributed by atoms with Crippen LogP contribution < -0.4 is 10.6 Å². The van der Waals surface area contributed by atoms with Crippen molar-refractivity contribution in [3.05, 3.63) is 32.2 Å². The summed E-state index contributed by atoms with van der Waals surface area (Å²) < 4.78 is 13.4. The van der Waals surface area contributed by atoms with E-state index < -0.39 is 34.6 Å². The molecule has 21 heteroatoms. The Labute approximate surface area is 379 Å². The zero-order chi connectivity index (χ0) is 41.9. The first-order valence-corrected chi connectivity index (χ1v) is 27.2. The Balaban J connectivity index is -0.000000739. The molecule has 0 atom stereocenters. The zero-order valence-electron chi connectivity index (χ0n) is 33.6. The predicted octanol–water partition coefficient (Wildman–Crippen LogP) is 8.74. The van der Waals surface area contributed by atoms with Crippen molar-refractivity contribution in [2.24, 2.45) is 3.15 Å². The zero-order valence-corrected chi connectivity index (χ0v) is 44.1. The number of aliphatic carboxylic acids is 1. The van der Waals surface area contributed by atoms with Gasteiger partial charge in [-0.2, -0.15) is 0 Å². The van der Waals surface area contributed by atoms with Gasteiger partial charge in [0.1, 0.15) is 11.1 Å². The maximum atomic E-state index is 12.1. The summed E-state index contributed by atoms with van der Waals surface area (Å²) in [4.78, 5) is 71.3. The number of nitrogens with one attached hydrogen (secondary N) is 2. The van der Waals surface area contributed by atoms with Gasteiger partial charge in [-0.1, -0.05) is 27.7 Å². The van der Waals surface area contributed by atoms with Crippen LogP contribution in [0.2, 0.25) is 0 Å². The minimum atomic E-state index is -1.30. The minimum Gasteiger partial charge on any atom is -0.480 e. The van der Waals surface area contributed by atoms with Crippen LogP contribution in [0.5, 0.6) is 0 Å². The van der Waals surface area contributed by atoms with E-state index >= 15 is 0 Å². The molecule has 0 aliphatic rings. The first kappa shape index (κ1) is 57.3. The van der Waals surface area contributed by atoms with Crippen LogP contribution >= 0.6 is 105 Å². The Morgan fingerprint density at radius 2 is 1.15 bits per heavy atom. The first-order chi connectivity index (χ1) is 24.3. The summed E-state index contributed by atoms with van der Waals surface area (Å²) in [6.07, 6.45) is 0. The highest BCUT2D eigenvalue weighted by Crippen LogP contribution is 2.21. The molecule has 0 aromatic carbocycles. The van der Waals surface area contributed by atoms with E-state index in [9.17, 15) is 24.0 Å². The van der Waals surface area contributed by atoms with Crippen molar-refractivity contribution in [1.29, 1.82) is 0 Å². The number of hydrogen-bond acceptors (Lipinski definition) is 12. The largest absolute Gasteiger partial charge is 0.480 e. The summed E-state index contributed by atoms with van der Waals surface area (Å²) in [5.74, 6) is -1.08. The summed E-state index contributed by atoms with van der Waals surface area (Å²) in [6.45, 7) is 18.7. The highest BCUT2D eigenvalue weighted by atomic mass is 128. The second-order valence-electron chi connectivity index (χ2n) is 13.6. The Hall–Kier alpha value is -1.07. The fourth-order valence-electron chi connectivity index (χ4n) is 3.53. The SMILES string of the molecule is CC(C)c1nc(CN(C)C(=O)NC(C)(C)C(=O)O)cs1.COC(=O)C(C)(C)N=IC.COC(=O)C(C)(C)NC(=O)N(C)Cc1csc(C(C)C)n1.I.II. The van der Waals surface area contributed by atoms with Gasteiger partial charge in [0.05, 0.1) is 48.7 Å². The van der Waals surface area contributed by atoms with Gasteiger partial charge in [0.2, 0.25) is 0 Å². The lowest BCUT2D eigenvalue weighted by molar-refractivity contribution is -0.147. The molecule has 2 aromatic heterocycles. The molecule has 0 saturated carbocycles. The lowest BCUT2D eigenvalue weighted by atomic mass is 10.1. The van der Waals surface area contributed by atoms with E-state index in [1.807, 2.05) is 15.7 Å². The molecule has 2 aromatic rings. The van der Waals surface area contributed by atoms with E-state index in [0.717, 1.165) is 21.4 Å². The van der Waals surface area contributed by atoms with Crippen molar-refractivity contribution >= 4 is 135 Å². The van der Waals surface area contributed by atoms with E-state index in [-0.39, 0.29) is 57.0 Å². The Bertz CT molecular complexity index is 1500. The fourth-order valence-corrected chi connectivity index (χ4v) is 6.59. The summed E-state index contributed by atoms with van der Waals surface area (Å²) in [6, 6.07) is -0.777. The number of carboxylic acid groups (broad SMARTS) is 1. The molecular formula is C33H57I4N7O8S2. The lowest BCUT2D eigenvalue weighted by Crippen LogP contribution is -2.53. The van der Waals surface area contributed by atoms with Gasteiger partial charge >= 0.3 is 30.0 Å². The number of ether oxygens (including phenoxy) is 2. The molecule has 0 aliphatic heterocycles. The van der Waals surface area contributed by atoms with Crippen LogP contribution in [0.1, 0.15) is 102 Å². The van der Waals surface area contributed by atoms with E-state index in [4.69, 9.17) is 5.11 Å². The van der Waals surface area contributed by atoms with Gasteiger partial charge in [-0.15, -0.1) is 46.7 Å². The van der Waals surface area contributed by atoms with Crippen molar-refractivity contribution in [2.75, 3.05) is 33.2 Å². The summed E-state index contributed by atoms with van der Waals surface area (Å²) in [7, 11) is 5.95. The molecule has 15 nitrogen and oxygen atoms in total. The van der Waals surface area contributed by atoms with Crippen LogP contribution in [-0.2, 0) is 36.9 Å². The van der Waals surface area contributed by atoms with Crippen LogP contribution in [0.4, 0.5) is 9.59 Å². The van der Waals surface area contributed by atoms with Crippen LogP contribution in [0.15, 0.2) is 13.9 Å². The van der Waals surface area contributed by atoms with Crippen molar-refractivity contribution in [2.45, 2.75) is 111 Å². The average Bonchev–Trinajstić information content (AvgIpc) is 3.75. The van der Waals surface area contributed by atoms with E-state index in [1.54, 1.807) is 64.5 Å². The number of carbonyl (C=O) groups is 5. The Morgan fingerprint density at radius 1 is 0.796 bits per heavy atom. The molecule has 2 heterocycles. The summed E-state index contributed by atoms with van der Waals surface area (Å²) in [5.41, 5.74) is -1.33. The molecule has 2 rings (SSSR count). The second-order valence-corrected chi connectivity index (χ2v) is 16.8. The number of nitrogens with zero attached hydrogens (tertiary/aromatic N) is 5. The Morgan fingerprint density at radius 3 is 1.43 bits per heavy atom. The van der Waals surface area contributed by atoms with Crippen molar-refractivity contribution < 1.29 is 38.6 Å². The summed E-state index contributed by atoms with van der Waals surface area (Å²) in [5, 5.41) is 20.0. The number of aromatic nitrogens is 2. The van der Waals surface area contributed by atoms with E-state index in [0.29, 0.717) is 24.9 Å². The highest BCUT2D eigenvalue weighted by Gasteiger charge is 2.32. The number of hydrogen-bond donors (Lipinski definition) is 3. The molecule has 3 N–H and O–H groups in total. The smallest absolute Gasteiger partial charge is 0.333 e. The van der Waals surface area contributed by atoms with Gasteiger partial charge < -0.3 is 35.0 Å². The third-order valence-electron chi connectivity index (χ3n) is 6.67. The van der Waals surface area contributed by atoms with E-state index in [2.05, 4.69) is 98.1 Å². The molecule has 0 saturated heterocycles. The molecule has 0 spiro atoms. The molecule has 0 bridgehead atoms. The van der Waals surface area contributed by atoms with Crippen molar-refractivity contribution in [1.82, 2.24) is 30.4 Å². The maximum Gasteiger partial charge on any atom is 0.333 e. The van der Waals surface area contributed by atoms with Gasteiger partial charge in [-0.25, -0.2) is 37.1 Å². The van der Waals surface area contributed by atoms with E-state index in [1.165, 1.54) is 37.9 Å². The molecule has 4 amide bonds. The normalized spacial score (nSPS) is 11.2. The maximum absolute atomic E-state index is 12.1. The van der Waals surface area contributed by atoms with Crippen LogP contribution in [-0.4, -0.2) is 105 Å². The number of thiazole rings is 2. The minimum absolute atomic E-state index is 0. The molecule has 312 valence electrons. The van der Waals surface area contributed by atoms with Crippen molar-refractivity contribution in [3.8, 4) is 0 Å². The third-order valence-corrected chi connectivity index (χ3v) is 10.7. The number of urea groups is 2. The third kappa shape index (κ3) is 21.5. The van der Waals surface area contributed by atoms with Crippen molar-refractivity contribution in [3.63, 3.8) is 0 Å². The molecule has 54 heavy (non-hydrogen) atoms. The van der Waals surface area contributed by atoms with Gasteiger partial charge in [-0.05, 0) is 67.5 Å². The van der Waals surface area contributed by atoms with Crippen LogP contribution in [0.3, 0.4) is 0 Å². The number of methoxy groups -OCH3 is 2. The molecule has 0 aliphatic carbocycles. The number of carbonyl (C=O) groups excluding carboxylic acids is 4. The lowest BCUT2D eigenvalue weighted by Gasteiger charge is -2.26. The number of rotatable bonds is 12. The fraction of sp³-hybridized carbons (Fsp3) is 0.667. The monoisotopic (exact) mass is 1250 g/mol. The topological polar surface area (TPSA) is 193 Å². The van der Waals surface area contributed by atoms with Gasteiger partial charge in [0, 0.05) is 73.9 Å². The molecular weight excluding hydrogens is 1190 g/mol. The van der Waals surface area contributed by atoms with Gasteiger partial charge in [-0.3, -0.25) is 0 Å².